The average Bonchev–Trinajstić information content (AvgIpc) is 3.25. The summed E-state index contributed by atoms with van der Waals surface area (Å²) in [6.45, 7) is 4.94. The molecule has 2 aliphatic rings. The number of hydrogen-bond donors (Lipinski definition) is 3. The molecule has 3 N–H and O–H groups in total. The summed E-state index contributed by atoms with van der Waals surface area (Å²) in [5.41, 5.74) is 1.24. The number of alkyl halides is 3. The van der Waals surface area contributed by atoms with Crippen molar-refractivity contribution in [2.75, 3.05) is 26.2 Å². The van der Waals surface area contributed by atoms with Crippen molar-refractivity contribution < 1.29 is 37.1 Å². The number of nitrogens with zero attached hydrogens (tertiary/aromatic N) is 1. The molecule has 11 heteroatoms. The molecule has 0 bridgehead atoms. The topological polar surface area (TPSA) is 98.7 Å². The van der Waals surface area contributed by atoms with Crippen LogP contribution in [0.2, 0.25) is 0 Å². The smallest absolute Gasteiger partial charge is 0.475 e. The van der Waals surface area contributed by atoms with Crippen LogP contribution in [0.4, 0.5) is 17.6 Å². The van der Waals surface area contributed by atoms with E-state index < -0.39 is 17.6 Å². The Hall–Kier alpha value is -3.99. The summed E-state index contributed by atoms with van der Waals surface area (Å²) >= 11 is 0. The van der Waals surface area contributed by atoms with Crippen LogP contribution in [0.1, 0.15) is 41.6 Å². The second-order valence-electron chi connectivity index (χ2n) is 10.5. The molecule has 7 nitrogen and oxygen atoms in total. The van der Waals surface area contributed by atoms with E-state index >= 15 is 0 Å². The molecule has 1 unspecified atom stereocenters. The predicted molar refractivity (Wildman–Crippen MR) is 145 cm³/mol. The van der Waals surface area contributed by atoms with E-state index in [-0.39, 0.29) is 29.6 Å². The number of carboxylic acid groups (broad SMARTS) is 1. The van der Waals surface area contributed by atoms with E-state index in [1.54, 1.807) is 12.1 Å². The zero-order valence-corrected chi connectivity index (χ0v) is 22.4. The molecule has 0 aromatic heterocycles. The summed E-state index contributed by atoms with van der Waals surface area (Å²) in [5, 5.41) is 15.5. The first-order chi connectivity index (χ1) is 19.4. The van der Waals surface area contributed by atoms with Gasteiger partial charge < -0.3 is 20.6 Å². The Balaban J connectivity index is 0.000000493. The lowest BCUT2D eigenvalue weighted by molar-refractivity contribution is -0.192. The van der Waals surface area contributed by atoms with E-state index in [0.717, 1.165) is 48.8 Å². The first-order valence-corrected chi connectivity index (χ1v) is 13.2. The second-order valence-corrected chi connectivity index (χ2v) is 10.5. The van der Waals surface area contributed by atoms with Crippen LogP contribution in [0.5, 0.6) is 0 Å². The molecule has 3 aromatic carbocycles. The van der Waals surface area contributed by atoms with Gasteiger partial charge in [-0.1, -0.05) is 42.5 Å². The van der Waals surface area contributed by atoms with Crippen LogP contribution in [0.25, 0.3) is 10.8 Å². The molecule has 2 heterocycles. The van der Waals surface area contributed by atoms with Crippen molar-refractivity contribution in [3.05, 3.63) is 83.7 Å². The quantitative estimate of drug-likeness (QED) is 0.384. The number of fused-ring (bicyclic) bond motifs is 1. The zero-order chi connectivity index (χ0) is 29.8. The van der Waals surface area contributed by atoms with Crippen molar-refractivity contribution in [1.29, 1.82) is 0 Å². The lowest BCUT2D eigenvalue weighted by Gasteiger charge is -2.41. The third-order valence-corrected chi connectivity index (χ3v) is 7.77. The molecule has 218 valence electrons. The van der Waals surface area contributed by atoms with Crippen molar-refractivity contribution in [3.8, 4) is 0 Å². The molecule has 0 saturated carbocycles. The zero-order valence-electron chi connectivity index (χ0n) is 22.4. The van der Waals surface area contributed by atoms with Crippen molar-refractivity contribution in [1.82, 2.24) is 15.5 Å². The van der Waals surface area contributed by atoms with E-state index in [0.29, 0.717) is 12.1 Å². The Labute approximate surface area is 234 Å². The van der Waals surface area contributed by atoms with Crippen LogP contribution in [0, 0.1) is 11.2 Å². The number of amides is 2. The third kappa shape index (κ3) is 7.02. The van der Waals surface area contributed by atoms with Crippen LogP contribution < -0.4 is 10.6 Å². The highest BCUT2D eigenvalue weighted by Crippen LogP contribution is 2.47. The number of carbonyl (C=O) groups is 3. The molecule has 2 atom stereocenters. The van der Waals surface area contributed by atoms with Gasteiger partial charge in [0.25, 0.3) is 5.91 Å². The van der Waals surface area contributed by atoms with Crippen molar-refractivity contribution in [2.45, 2.75) is 37.9 Å². The van der Waals surface area contributed by atoms with Crippen molar-refractivity contribution in [2.24, 2.45) is 5.41 Å². The second kappa shape index (κ2) is 12.3. The van der Waals surface area contributed by atoms with E-state index in [1.165, 1.54) is 12.1 Å². The Morgan fingerprint density at radius 1 is 1.05 bits per heavy atom. The van der Waals surface area contributed by atoms with E-state index in [4.69, 9.17) is 9.90 Å². The number of aliphatic carboxylic acids is 1. The summed E-state index contributed by atoms with van der Waals surface area (Å²) in [4.78, 5) is 36.9. The van der Waals surface area contributed by atoms with Crippen molar-refractivity contribution >= 4 is 28.6 Å². The maximum Gasteiger partial charge on any atom is 0.490 e. The number of halogens is 4. The number of carboxylic acids is 1. The van der Waals surface area contributed by atoms with E-state index in [1.807, 2.05) is 49.4 Å². The number of hydrogen-bond acceptors (Lipinski definition) is 4. The fourth-order valence-corrected chi connectivity index (χ4v) is 5.64. The minimum atomic E-state index is -5.08. The fraction of sp³-hybridized carbons (Fsp3) is 0.367. The molecule has 2 saturated heterocycles. The van der Waals surface area contributed by atoms with Gasteiger partial charge >= 0.3 is 12.1 Å². The maximum atomic E-state index is 13.4. The Morgan fingerprint density at radius 3 is 2.27 bits per heavy atom. The maximum absolute atomic E-state index is 13.4. The summed E-state index contributed by atoms with van der Waals surface area (Å²) < 4.78 is 45.1. The van der Waals surface area contributed by atoms with Crippen LogP contribution in [0.15, 0.2) is 66.7 Å². The van der Waals surface area contributed by atoms with Gasteiger partial charge in [0.1, 0.15) is 5.82 Å². The first kappa shape index (κ1) is 30.0. The van der Waals surface area contributed by atoms with E-state index in [2.05, 4.69) is 15.5 Å². The molecule has 2 amide bonds. The van der Waals surface area contributed by atoms with Gasteiger partial charge in [0, 0.05) is 30.6 Å². The largest absolute Gasteiger partial charge is 0.490 e. The number of benzene rings is 3. The minimum Gasteiger partial charge on any atom is -0.475 e. The lowest BCUT2D eigenvalue weighted by atomic mass is 9.68. The molecule has 0 aliphatic carbocycles. The van der Waals surface area contributed by atoms with Gasteiger partial charge in [-0.2, -0.15) is 13.2 Å². The number of piperidine rings is 1. The van der Waals surface area contributed by atoms with Crippen LogP contribution in [0.3, 0.4) is 0 Å². The Kier molecular flexibility index (Phi) is 8.96. The molecule has 3 aromatic rings. The van der Waals surface area contributed by atoms with Gasteiger partial charge in [-0.15, -0.1) is 0 Å². The van der Waals surface area contributed by atoms with Crippen molar-refractivity contribution in [3.63, 3.8) is 0 Å². The summed E-state index contributed by atoms with van der Waals surface area (Å²) in [7, 11) is 0. The minimum absolute atomic E-state index is 0.0154. The van der Waals surface area contributed by atoms with Gasteiger partial charge in [-0.3, -0.25) is 9.59 Å². The van der Waals surface area contributed by atoms with Crippen LogP contribution >= 0.6 is 0 Å². The van der Waals surface area contributed by atoms with Gasteiger partial charge in [0.2, 0.25) is 5.91 Å². The number of carbonyl (C=O) groups excluding carboxylic acids is 2. The standard InChI is InChI=1S/C28H30FN3O2.C2HF3O2/c1-19(31-26(33)23-7-6-20-4-2-3-5-22(20)16-23)18-32-14-12-28(13-15-32)25(17-30-27(28)34)21-8-10-24(29)11-9-21;3-2(4,5)1(6)7/h2-11,16,19,25H,12-15,17-18H2,1H3,(H,30,34)(H,31,33);(H,6,7)/t19-,25?;/m0./s1. The highest BCUT2D eigenvalue weighted by atomic mass is 19.4. The molecule has 2 fully saturated rings. The SMILES string of the molecule is C[C@@H](CN1CCC2(CC1)C(=O)NCC2c1ccc(F)cc1)NC(=O)c1ccc2ccccc2c1.O=C(O)C(F)(F)F. The molecule has 1 spiro atoms. The molecule has 5 rings (SSSR count). The fourth-order valence-electron chi connectivity index (χ4n) is 5.64. The van der Waals surface area contributed by atoms with E-state index in [9.17, 15) is 27.2 Å². The Bertz CT molecular complexity index is 1400. The number of nitrogens with one attached hydrogen (secondary N) is 2. The van der Waals surface area contributed by atoms with Crippen LogP contribution in [-0.2, 0) is 9.59 Å². The molecule has 2 aliphatic heterocycles. The predicted octanol–water partition coefficient (Wildman–Crippen LogP) is 4.73. The highest BCUT2D eigenvalue weighted by molar-refractivity contribution is 5.98. The highest BCUT2D eigenvalue weighted by Gasteiger charge is 2.52. The Morgan fingerprint density at radius 2 is 1.66 bits per heavy atom. The van der Waals surface area contributed by atoms with Gasteiger partial charge in [-0.25, -0.2) is 9.18 Å². The first-order valence-electron chi connectivity index (χ1n) is 13.2. The number of likely N-dealkylation sites (tertiary alicyclic amines) is 1. The molecule has 41 heavy (non-hydrogen) atoms. The monoisotopic (exact) mass is 573 g/mol. The van der Waals surface area contributed by atoms with Gasteiger partial charge in [0.05, 0.1) is 5.41 Å². The normalized spacial score (nSPS) is 19.2. The summed E-state index contributed by atoms with van der Waals surface area (Å²) in [6.07, 6.45) is -3.57. The number of rotatable bonds is 5. The molecular weight excluding hydrogens is 542 g/mol. The third-order valence-electron chi connectivity index (χ3n) is 7.77. The molecular formula is C30H31F4N3O4. The lowest BCUT2D eigenvalue weighted by Crippen LogP contribution is -2.49. The van der Waals surface area contributed by atoms with Gasteiger partial charge in [-0.05, 0) is 73.5 Å². The van der Waals surface area contributed by atoms with Crippen LogP contribution in [-0.4, -0.2) is 66.2 Å². The average molecular weight is 574 g/mol. The summed E-state index contributed by atoms with van der Waals surface area (Å²) in [5.74, 6) is -2.91. The van der Waals surface area contributed by atoms with Gasteiger partial charge in [0.15, 0.2) is 0 Å². The molecule has 0 radical (unpaired) electrons. The summed E-state index contributed by atoms with van der Waals surface area (Å²) in [6, 6.07) is 20.3.